The van der Waals surface area contributed by atoms with E-state index in [1.165, 1.54) is 0 Å². The maximum Gasteiger partial charge on any atom is 0.138 e. The molecular formula is C15H16ClNO2. The Kier molecular flexibility index (Phi) is 4.66. The number of ether oxygens (including phenoxy) is 2. The Morgan fingerprint density at radius 3 is 2.37 bits per heavy atom. The van der Waals surface area contributed by atoms with E-state index in [1.54, 1.807) is 13.2 Å². The maximum atomic E-state index is 6.07. The Labute approximate surface area is 117 Å². The molecule has 1 unspecified atom stereocenters. The Bertz CT molecular complexity index is 528. The maximum absolute atomic E-state index is 6.07. The molecule has 0 aliphatic carbocycles. The number of hydrogen-bond donors (Lipinski definition) is 1. The van der Waals surface area contributed by atoms with Crippen molar-refractivity contribution in [2.45, 2.75) is 6.10 Å². The van der Waals surface area contributed by atoms with E-state index in [2.05, 4.69) is 0 Å². The number of halogens is 1. The molecule has 0 radical (unpaired) electrons. The van der Waals surface area contributed by atoms with Crippen LogP contribution < -0.4 is 15.2 Å². The van der Waals surface area contributed by atoms with Gasteiger partial charge in [-0.05, 0) is 29.8 Å². The molecule has 2 aromatic rings. The van der Waals surface area contributed by atoms with Crippen molar-refractivity contribution in [1.82, 2.24) is 0 Å². The molecule has 0 aliphatic rings. The van der Waals surface area contributed by atoms with Gasteiger partial charge in [0.05, 0.1) is 12.1 Å². The van der Waals surface area contributed by atoms with Crippen LogP contribution in [0.15, 0.2) is 48.5 Å². The Morgan fingerprint density at radius 2 is 1.79 bits per heavy atom. The number of nitrogens with two attached hydrogens (primary N) is 1. The molecule has 1 atom stereocenters. The molecule has 0 aromatic heterocycles. The highest BCUT2D eigenvalue weighted by molar-refractivity contribution is 6.32. The van der Waals surface area contributed by atoms with E-state index in [0.29, 0.717) is 17.3 Å². The molecule has 2 aromatic carbocycles. The zero-order chi connectivity index (χ0) is 13.7. The van der Waals surface area contributed by atoms with Crippen LogP contribution >= 0.6 is 11.6 Å². The summed E-state index contributed by atoms with van der Waals surface area (Å²) in [5.41, 5.74) is 6.76. The van der Waals surface area contributed by atoms with Gasteiger partial charge >= 0.3 is 0 Å². The first kappa shape index (κ1) is 13.7. The second-order valence-electron chi connectivity index (χ2n) is 4.05. The molecule has 3 nitrogen and oxygen atoms in total. The van der Waals surface area contributed by atoms with Crippen molar-refractivity contribution in [2.75, 3.05) is 13.7 Å². The molecule has 4 heteroatoms. The van der Waals surface area contributed by atoms with E-state index in [9.17, 15) is 0 Å². The summed E-state index contributed by atoms with van der Waals surface area (Å²) < 4.78 is 11.0. The lowest BCUT2D eigenvalue weighted by molar-refractivity contribution is 0.214. The van der Waals surface area contributed by atoms with Gasteiger partial charge in [0.2, 0.25) is 0 Å². The van der Waals surface area contributed by atoms with Crippen LogP contribution in [-0.4, -0.2) is 13.7 Å². The van der Waals surface area contributed by atoms with Crippen LogP contribution in [-0.2, 0) is 0 Å². The van der Waals surface area contributed by atoms with Crippen LogP contribution in [0.5, 0.6) is 11.5 Å². The van der Waals surface area contributed by atoms with Crippen molar-refractivity contribution < 1.29 is 9.47 Å². The Hall–Kier alpha value is -1.71. The van der Waals surface area contributed by atoms with Gasteiger partial charge in [-0.25, -0.2) is 0 Å². The highest BCUT2D eigenvalue weighted by Crippen LogP contribution is 2.28. The molecular weight excluding hydrogens is 262 g/mol. The summed E-state index contributed by atoms with van der Waals surface area (Å²) in [6.45, 7) is 0.373. The van der Waals surface area contributed by atoms with Gasteiger partial charge in [0.25, 0.3) is 0 Å². The van der Waals surface area contributed by atoms with Gasteiger partial charge in [-0.1, -0.05) is 35.9 Å². The first-order valence-corrected chi connectivity index (χ1v) is 6.37. The predicted molar refractivity (Wildman–Crippen MR) is 76.9 cm³/mol. The summed E-state index contributed by atoms with van der Waals surface area (Å²) in [7, 11) is 1.63. The van der Waals surface area contributed by atoms with Gasteiger partial charge in [-0.15, -0.1) is 0 Å². The van der Waals surface area contributed by atoms with E-state index in [0.717, 1.165) is 11.3 Å². The third kappa shape index (κ3) is 3.40. The predicted octanol–water partition coefficient (Wildman–Crippen LogP) is 3.43. The van der Waals surface area contributed by atoms with Crippen LogP contribution in [0.4, 0.5) is 0 Å². The smallest absolute Gasteiger partial charge is 0.138 e. The van der Waals surface area contributed by atoms with Crippen LogP contribution in [0.3, 0.4) is 0 Å². The molecule has 0 bridgehead atoms. The summed E-state index contributed by atoms with van der Waals surface area (Å²) in [4.78, 5) is 0. The second-order valence-corrected chi connectivity index (χ2v) is 4.45. The summed E-state index contributed by atoms with van der Waals surface area (Å²) in [5.74, 6) is 1.44. The lowest BCUT2D eigenvalue weighted by Crippen LogP contribution is -2.18. The van der Waals surface area contributed by atoms with Crippen LogP contribution in [0.2, 0.25) is 5.02 Å². The van der Waals surface area contributed by atoms with Crippen LogP contribution in [0, 0.1) is 0 Å². The minimum atomic E-state index is -0.231. The molecule has 0 saturated heterocycles. The largest absolute Gasteiger partial charge is 0.497 e. The third-order valence-electron chi connectivity index (χ3n) is 2.81. The van der Waals surface area contributed by atoms with Gasteiger partial charge in [-0.2, -0.15) is 0 Å². The highest BCUT2D eigenvalue weighted by Gasteiger charge is 2.13. The topological polar surface area (TPSA) is 44.5 Å². The monoisotopic (exact) mass is 277 g/mol. The number of benzene rings is 2. The number of rotatable bonds is 5. The minimum Gasteiger partial charge on any atom is -0.497 e. The van der Waals surface area contributed by atoms with Crippen molar-refractivity contribution in [3.8, 4) is 11.5 Å². The Morgan fingerprint density at radius 1 is 1.11 bits per heavy atom. The molecule has 0 saturated carbocycles. The molecule has 0 amide bonds. The minimum absolute atomic E-state index is 0.231. The number of para-hydroxylation sites is 1. The zero-order valence-corrected chi connectivity index (χ0v) is 11.4. The van der Waals surface area contributed by atoms with Crippen LogP contribution in [0.25, 0.3) is 0 Å². The van der Waals surface area contributed by atoms with Gasteiger partial charge in [-0.3, -0.25) is 0 Å². The highest BCUT2D eigenvalue weighted by atomic mass is 35.5. The lowest BCUT2D eigenvalue weighted by Gasteiger charge is -2.18. The van der Waals surface area contributed by atoms with E-state index >= 15 is 0 Å². The molecule has 100 valence electrons. The van der Waals surface area contributed by atoms with Crippen molar-refractivity contribution in [3.63, 3.8) is 0 Å². The summed E-state index contributed by atoms with van der Waals surface area (Å²) in [6, 6.07) is 15.0. The standard InChI is InChI=1S/C15H16ClNO2/c1-18-12-8-6-11(7-9-12)15(10-17)19-14-5-3-2-4-13(14)16/h2-9,15H,10,17H2,1H3. The fraction of sp³-hybridized carbons (Fsp3) is 0.200. The first-order valence-electron chi connectivity index (χ1n) is 6.00. The number of hydrogen-bond acceptors (Lipinski definition) is 3. The SMILES string of the molecule is COc1ccc(C(CN)Oc2ccccc2Cl)cc1. The normalized spacial score (nSPS) is 11.9. The van der Waals surface area contributed by atoms with Gasteiger partial charge < -0.3 is 15.2 Å². The molecule has 2 rings (SSSR count). The first-order chi connectivity index (χ1) is 9.24. The van der Waals surface area contributed by atoms with Crippen molar-refractivity contribution in [2.24, 2.45) is 5.73 Å². The van der Waals surface area contributed by atoms with E-state index < -0.39 is 0 Å². The quantitative estimate of drug-likeness (QED) is 0.911. The Balaban J connectivity index is 2.17. The molecule has 0 spiro atoms. The van der Waals surface area contributed by atoms with Gasteiger partial charge in [0.15, 0.2) is 0 Å². The van der Waals surface area contributed by atoms with Crippen molar-refractivity contribution in [3.05, 3.63) is 59.1 Å². The molecule has 0 heterocycles. The van der Waals surface area contributed by atoms with Crippen LogP contribution in [0.1, 0.15) is 11.7 Å². The molecule has 0 aliphatic heterocycles. The zero-order valence-electron chi connectivity index (χ0n) is 10.7. The third-order valence-corrected chi connectivity index (χ3v) is 3.12. The van der Waals surface area contributed by atoms with E-state index in [-0.39, 0.29) is 6.10 Å². The van der Waals surface area contributed by atoms with Crippen molar-refractivity contribution in [1.29, 1.82) is 0 Å². The molecule has 19 heavy (non-hydrogen) atoms. The summed E-state index contributed by atoms with van der Waals surface area (Å²) in [6.07, 6.45) is -0.231. The molecule has 2 N–H and O–H groups in total. The molecule has 0 fully saturated rings. The van der Waals surface area contributed by atoms with Gasteiger partial charge in [0.1, 0.15) is 17.6 Å². The van der Waals surface area contributed by atoms with E-state index in [1.807, 2.05) is 42.5 Å². The second kappa shape index (κ2) is 6.45. The average molecular weight is 278 g/mol. The fourth-order valence-corrected chi connectivity index (χ4v) is 1.94. The van der Waals surface area contributed by atoms with Gasteiger partial charge in [0, 0.05) is 6.54 Å². The fourth-order valence-electron chi connectivity index (χ4n) is 1.76. The van der Waals surface area contributed by atoms with E-state index in [4.69, 9.17) is 26.8 Å². The lowest BCUT2D eigenvalue weighted by atomic mass is 10.1. The van der Waals surface area contributed by atoms with Crippen molar-refractivity contribution >= 4 is 11.6 Å². The summed E-state index contributed by atoms with van der Waals surface area (Å²) in [5, 5.41) is 0.578. The summed E-state index contributed by atoms with van der Waals surface area (Å²) >= 11 is 6.07. The number of methoxy groups -OCH3 is 1. The average Bonchev–Trinajstić information content (AvgIpc) is 2.47.